The van der Waals surface area contributed by atoms with E-state index in [1.807, 2.05) is 11.3 Å². The molecule has 0 spiro atoms. The maximum Gasteiger partial charge on any atom is 0.416 e. The Hall–Kier alpha value is -6.68. The number of aryl methyl sites for hydroxylation is 1. The van der Waals surface area contributed by atoms with Crippen LogP contribution in [0.15, 0.2) is 146 Å². The van der Waals surface area contributed by atoms with Gasteiger partial charge >= 0.3 is 49.4 Å². The number of nitrogens with zero attached hydrogens (tertiary/aromatic N) is 3. The van der Waals surface area contributed by atoms with Crippen LogP contribution in [-0.4, -0.2) is 29.2 Å². The summed E-state index contributed by atoms with van der Waals surface area (Å²) in [6.45, 7) is 1.97. The Morgan fingerprint density at radius 3 is 1.03 bits per heavy atom. The molecule has 7 aromatic rings. The summed E-state index contributed by atoms with van der Waals surface area (Å²) in [7, 11) is 0. The van der Waals surface area contributed by atoms with Gasteiger partial charge in [0, 0.05) is 61.1 Å². The molecule has 1 aliphatic heterocycles. The molecule has 10 rings (SSSR count). The van der Waals surface area contributed by atoms with Crippen molar-refractivity contribution in [1.82, 2.24) is 9.88 Å². The van der Waals surface area contributed by atoms with E-state index in [2.05, 4.69) is 109 Å². The van der Waals surface area contributed by atoms with E-state index in [0.29, 0.717) is 5.92 Å². The number of anilines is 1. The average Bonchev–Trinajstić information content (AvgIpc) is 1.29. The van der Waals surface area contributed by atoms with Crippen LogP contribution in [0.25, 0.3) is 10.6 Å². The SMILES string of the molecule is C1=CN(c2ccccc2)CN1C[C@H]1CCCc2sc(-c3ccccc3)nc21.FC(F)(F)c1cc([B-](c2cc(C(F)(F)F)cc(C(F)(F)F)c2)(c2cc(C(F)(F)F)cc(C(F)(F)F)c2)c2cc(C(F)(F)F)cc(C(F)(F)F)c2)cc(C(F)(F)F)c1.[CH]1[CH]CC[CH][CH]CC1.[Ir]. The topological polar surface area (TPSA) is 19.4 Å². The molecule has 6 aromatic carbocycles. The number of halogens is 24. The minimum absolute atomic E-state index is 0. The van der Waals surface area contributed by atoms with Crippen LogP contribution in [0.3, 0.4) is 0 Å². The van der Waals surface area contributed by atoms with Gasteiger partial charge in [0.15, 0.2) is 0 Å². The van der Waals surface area contributed by atoms with Gasteiger partial charge < -0.3 is 9.80 Å². The van der Waals surface area contributed by atoms with Gasteiger partial charge in [0.1, 0.15) is 11.2 Å². The summed E-state index contributed by atoms with van der Waals surface area (Å²) < 4.78 is 341. The zero-order valence-electron chi connectivity index (χ0n) is 47.3. The number of hydrogen-bond donors (Lipinski definition) is 0. The number of alkyl halides is 24. The molecule has 0 amide bonds. The summed E-state index contributed by atoms with van der Waals surface area (Å²) in [5, 5.41) is 1.18. The first-order valence-electron chi connectivity index (χ1n) is 27.6. The van der Waals surface area contributed by atoms with Crippen LogP contribution in [0.4, 0.5) is 111 Å². The van der Waals surface area contributed by atoms with Crippen molar-refractivity contribution in [3.8, 4) is 10.6 Å². The van der Waals surface area contributed by atoms with E-state index < -0.39 is 195 Å². The number of hydrogen-bond acceptors (Lipinski definition) is 4. The monoisotopic (exact) mass is 1540 g/mol. The number of fused-ring (bicyclic) bond motifs is 1. The predicted octanol–water partition coefficient (Wildman–Crippen LogP) is 19.1. The zero-order chi connectivity index (χ0) is 67.6. The Kier molecular flexibility index (Phi) is 22.5. The maximum absolute atomic E-state index is 14.2. The molecule has 0 saturated heterocycles. The summed E-state index contributed by atoms with van der Waals surface area (Å²) in [5.74, 6) is 0.530. The minimum Gasteiger partial charge on any atom is -0.358 e. The second-order valence-corrected chi connectivity index (χ2v) is 22.7. The molecule has 5 radical (unpaired) electrons. The van der Waals surface area contributed by atoms with Crippen molar-refractivity contribution in [2.45, 2.75) is 100 Å². The molecule has 0 N–H and O–H groups in total. The Morgan fingerprint density at radius 2 is 0.720 bits per heavy atom. The summed E-state index contributed by atoms with van der Waals surface area (Å²) in [5.41, 5.74) is -26.4. The molecule has 1 saturated carbocycles. The van der Waals surface area contributed by atoms with Crippen LogP contribution >= 0.6 is 11.3 Å². The van der Waals surface area contributed by atoms with Gasteiger partial charge in [-0.15, -0.1) is 11.3 Å². The first-order valence-corrected chi connectivity index (χ1v) is 28.4. The third-order valence-corrected chi connectivity index (χ3v) is 16.4. The Labute approximate surface area is 533 Å². The Bertz CT molecular complexity index is 3220. The van der Waals surface area contributed by atoms with Crippen LogP contribution in [0.2, 0.25) is 0 Å². The van der Waals surface area contributed by atoms with E-state index in [1.54, 1.807) is 0 Å². The smallest absolute Gasteiger partial charge is 0.358 e. The third-order valence-electron chi connectivity index (χ3n) is 15.2. The van der Waals surface area contributed by atoms with Crippen molar-refractivity contribution in [1.29, 1.82) is 0 Å². The van der Waals surface area contributed by atoms with Crippen LogP contribution in [-0.2, 0) is 75.9 Å². The zero-order valence-corrected chi connectivity index (χ0v) is 50.6. The van der Waals surface area contributed by atoms with Crippen LogP contribution < -0.4 is 26.8 Å². The van der Waals surface area contributed by atoms with E-state index in [4.69, 9.17) is 4.98 Å². The summed E-state index contributed by atoms with van der Waals surface area (Å²) in [6, 6.07) is 12.4. The fourth-order valence-electron chi connectivity index (χ4n) is 11.0. The summed E-state index contributed by atoms with van der Waals surface area (Å²) >= 11 is 1.89. The number of aromatic nitrogens is 1. The second kappa shape index (κ2) is 28.3. The Morgan fingerprint density at radius 1 is 0.409 bits per heavy atom. The molecule has 501 valence electrons. The first-order chi connectivity index (χ1) is 42.6. The van der Waals surface area contributed by atoms with Gasteiger partial charge in [0.2, 0.25) is 0 Å². The van der Waals surface area contributed by atoms with Crippen molar-refractivity contribution < 1.29 is 125 Å². The fraction of sp³-hybridized carbons (Fsp3) is 0.286. The molecule has 0 bridgehead atoms. The largest absolute Gasteiger partial charge is 0.416 e. The number of rotatable bonds is 8. The average molecular weight is 1540 g/mol. The molecule has 3 nitrogen and oxygen atoms in total. The van der Waals surface area contributed by atoms with Crippen molar-refractivity contribution >= 4 is 45.0 Å². The minimum atomic E-state index is -6.13. The number of thiazole rings is 1. The molecule has 1 aromatic heterocycles. The molecule has 3 aliphatic rings. The van der Waals surface area contributed by atoms with Gasteiger partial charge in [-0.3, -0.25) is 0 Å². The van der Waals surface area contributed by atoms with Crippen LogP contribution in [0.1, 0.15) is 99.5 Å². The van der Waals surface area contributed by atoms with Crippen molar-refractivity contribution in [2.75, 3.05) is 18.1 Å². The van der Waals surface area contributed by atoms with Gasteiger partial charge in [0.05, 0.1) is 56.9 Å². The standard InChI is InChI=1S/C32H12BF24.C23H23N3S.C8H12.Ir/c34-25(35,36)13-1-14(26(37,38)39)6-21(5-13)33(22-7-15(27(40,41)42)2-16(8-22)28(43,44)45,23-9-17(29(46,47)48)3-18(10-23)30(49,50)51)24-11-19(31(52,53)54)4-20(12-24)32(55,56)57;1-3-8-18(9-4-1)23-24-22-19(10-7-13-21(22)27-23)16-25-14-15-26(17-25)20-11-5-2-6-12-20;1-2-4-6-8-7-5-3-1;/h1-12H;1-6,8-9,11-12,14-15,19H,7,10,13,16-17H2;1-2,7-8H,3-6H2;/q-1;;;/t;19-;;/m.1../s1. The molecular weight excluding hydrogens is 1490 g/mol. The van der Waals surface area contributed by atoms with Gasteiger partial charge in [-0.05, 0) is 107 Å². The third kappa shape index (κ3) is 18.2. The maximum atomic E-state index is 14.2. The van der Waals surface area contributed by atoms with E-state index in [0.717, 1.165) is 13.2 Å². The quantitative estimate of drug-likeness (QED) is 0.112. The molecule has 2 heterocycles. The van der Waals surface area contributed by atoms with Gasteiger partial charge in [-0.25, -0.2) is 4.98 Å². The van der Waals surface area contributed by atoms with E-state index in [-0.39, 0.29) is 20.1 Å². The van der Waals surface area contributed by atoms with Crippen molar-refractivity contribution in [3.05, 3.63) is 227 Å². The molecule has 0 unspecified atom stereocenters. The molecule has 1 fully saturated rings. The Balaban J connectivity index is 0.000000276. The summed E-state index contributed by atoms with van der Waals surface area (Å²) in [6.07, 6.45) is -32.7. The molecule has 1 atom stereocenters. The van der Waals surface area contributed by atoms with E-state index in [1.165, 1.54) is 71.8 Å². The van der Waals surface area contributed by atoms with E-state index >= 15 is 0 Å². The normalized spacial score (nSPS) is 16.3. The van der Waals surface area contributed by atoms with Gasteiger partial charge in [0.25, 0.3) is 0 Å². The predicted molar refractivity (Wildman–Crippen MR) is 299 cm³/mol. The molecule has 93 heavy (non-hydrogen) atoms. The van der Waals surface area contributed by atoms with Gasteiger partial charge in [-0.1, -0.05) is 97.1 Å². The molecule has 30 heteroatoms. The first kappa shape index (κ1) is 73.7. The van der Waals surface area contributed by atoms with Gasteiger partial charge in [-0.2, -0.15) is 127 Å². The second-order valence-electron chi connectivity index (χ2n) is 21.6. The molecular formula is C63H47BF24IrN3S-. The van der Waals surface area contributed by atoms with Crippen LogP contribution in [0, 0.1) is 25.7 Å². The summed E-state index contributed by atoms with van der Waals surface area (Å²) in [4.78, 5) is 11.3. The fourth-order valence-corrected chi connectivity index (χ4v) is 12.2. The van der Waals surface area contributed by atoms with Crippen molar-refractivity contribution in [3.63, 3.8) is 0 Å². The van der Waals surface area contributed by atoms with Crippen LogP contribution in [0.5, 0.6) is 0 Å². The number of benzene rings is 6. The number of para-hydroxylation sites is 1. The van der Waals surface area contributed by atoms with Crippen molar-refractivity contribution in [2.24, 2.45) is 0 Å². The molecule has 2 aliphatic carbocycles. The van der Waals surface area contributed by atoms with E-state index in [9.17, 15) is 105 Å².